The molecule has 7 heteroatoms. The van der Waals surface area contributed by atoms with Gasteiger partial charge in [0.2, 0.25) is 5.13 Å². The van der Waals surface area contributed by atoms with Crippen molar-refractivity contribution < 1.29 is 5.11 Å². The zero-order chi connectivity index (χ0) is 14.4. The lowest BCUT2D eigenvalue weighted by atomic mass is 10.2. The molecule has 4 N–H and O–H groups in total. The van der Waals surface area contributed by atoms with E-state index in [9.17, 15) is 0 Å². The Hall–Kier alpha value is -2.12. The van der Waals surface area contributed by atoms with Crippen LogP contribution in [0.3, 0.4) is 0 Å². The molecule has 106 valence electrons. The maximum absolute atomic E-state index is 8.89. The van der Waals surface area contributed by atoms with Crippen LogP contribution in [0.2, 0.25) is 0 Å². The minimum absolute atomic E-state index is 0.139. The summed E-state index contributed by atoms with van der Waals surface area (Å²) in [5, 5.41) is 15.4. The highest BCUT2D eigenvalue weighted by atomic mass is 32.1. The minimum Gasteiger partial charge on any atom is -0.395 e. The van der Waals surface area contributed by atoms with Gasteiger partial charge in [0.25, 0.3) is 0 Å². The standard InChI is InChI=1S/C13H17N5OS/c1-18(6-7-19)11-4-2-10(3-5-11)8-15-17-13-16-12(14)9-20-13/h2-5,8-9,19H,6-7,14H2,1H3,(H,16,17). The number of hydrogen-bond acceptors (Lipinski definition) is 7. The van der Waals surface area contributed by atoms with E-state index in [1.54, 1.807) is 11.6 Å². The van der Waals surface area contributed by atoms with Crippen LogP contribution in [-0.2, 0) is 0 Å². The Balaban J connectivity index is 1.93. The Morgan fingerprint density at radius 2 is 2.20 bits per heavy atom. The number of thiazole rings is 1. The van der Waals surface area contributed by atoms with Gasteiger partial charge in [0.05, 0.1) is 12.8 Å². The molecule has 2 aromatic rings. The van der Waals surface area contributed by atoms with Gasteiger partial charge in [-0.25, -0.2) is 4.98 Å². The normalized spacial score (nSPS) is 10.9. The summed E-state index contributed by atoms with van der Waals surface area (Å²) < 4.78 is 0. The third kappa shape index (κ3) is 3.94. The highest BCUT2D eigenvalue weighted by Crippen LogP contribution is 2.16. The van der Waals surface area contributed by atoms with Crippen LogP contribution < -0.4 is 16.1 Å². The first kappa shape index (κ1) is 14.3. The minimum atomic E-state index is 0.139. The molecule has 1 aromatic heterocycles. The van der Waals surface area contributed by atoms with Gasteiger partial charge in [0.1, 0.15) is 5.82 Å². The number of nitrogens with one attached hydrogen (secondary N) is 1. The molecule has 0 aliphatic carbocycles. The molecule has 0 aliphatic heterocycles. The molecule has 1 heterocycles. The number of aromatic nitrogens is 1. The predicted molar refractivity (Wildman–Crippen MR) is 84.5 cm³/mol. The molecule has 0 fully saturated rings. The van der Waals surface area contributed by atoms with Crippen LogP contribution in [-0.4, -0.2) is 36.5 Å². The van der Waals surface area contributed by atoms with Gasteiger partial charge in [0.15, 0.2) is 0 Å². The second kappa shape index (κ2) is 6.88. The number of likely N-dealkylation sites (N-methyl/N-ethyl adjacent to an activating group) is 1. The molecule has 0 unspecified atom stereocenters. The fourth-order valence-corrected chi connectivity index (χ4v) is 2.14. The summed E-state index contributed by atoms with van der Waals surface area (Å²) in [5.41, 5.74) is 10.4. The fourth-order valence-electron chi connectivity index (χ4n) is 1.59. The number of nitrogens with zero attached hydrogens (tertiary/aromatic N) is 3. The van der Waals surface area contributed by atoms with Gasteiger partial charge in [-0.2, -0.15) is 5.10 Å². The summed E-state index contributed by atoms with van der Waals surface area (Å²) in [6, 6.07) is 7.89. The summed E-state index contributed by atoms with van der Waals surface area (Å²) in [6.07, 6.45) is 1.72. The monoisotopic (exact) mass is 291 g/mol. The second-order valence-corrected chi connectivity index (χ2v) is 5.04. The SMILES string of the molecule is CN(CCO)c1ccc(C=NNc2nc(N)cs2)cc1. The van der Waals surface area contributed by atoms with E-state index in [1.807, 2.05) is 36.2 Å². The van der Waals surface area contributed by atoms with Crippen LogP contribution in [0.25, 0.3) is 0 Å². The molecule has 2 rings (SSSR count). The Kier molecular flexibility index (Phi) is 4.91. The molecule has 1 aromatic carbocycles. The van der Waals surface area contributed by atoms with Crippen molar-refractivity contribution in [2.45, 2.75) is 0 Å². The Morgan fingerprint density at radius 3 is 2.80 bits per heavy atom. The van der Waals surface area contributed by atoms with E-state index in [-0.39, 0.29) is 6.61 Å². The van der Waals surface area contributed by atoms with E-state index in [1.165, 1.54) is 11.3 Å². The number of rotatable bonds is 6. The molecule has 6 nitrogen and oxygen atoms in total. The molecule has 0 spiro atoms. The van der Waals surface area contributed by atoms with E-state index < -0.39 is 0 Å². The van der Waals surface area contributed by atoms with Crippen molar-refractivity contribution in [1.29, 1.82) is 0 Å². The van der Waals surface area contributed by atoms with E-state index in [2.05, 4.69) is 15.5 Å². The van der Waals surface area contributed by atoms with E-state index in [4.69, 9.17) is 10.8 Å². The third-order valence-electron chi connectivity index (χ3n) is 2.67. The van der Waals surface area contributed by atoms with Crippen LogP contribution in [0.5, 0.6) is 0 Å². The average molecular weight is 291 g/mol. The maximum Gasteiger partial charge on any atom is 0.205 e. The molecule has 0 aliphatic rings. The summed E-state index contributed by atoms with van der Waals surface area (Å²) >= 11 is 1.41. The molecule has 0 amide bonds. The largest absolute Gasteiger partial charge is 0.395 e. The lowest BCUT2D eigenvalue weighted by Crippen LogP contribution is -2.20. The zero-order valence-corrected chi connectivity index (χ0v) is 12.0. The summed E-state index contributed by atoms with van der Waals surface area (Å²) in [7, 11) is 1.94. The number of aliphatic hydroxyl groups excluding tert-OH is 1. The second-order valence-electron chi connectivity index (χ2n) is 4.18. The molecular weight excluding hydrogens is 274 g/mol. The van der Waals surface area contributed by atoms with E-state index in [0.29, 0.717) is 17.5 Å². The lowest BCUT2D eigenvalue weighted by Gasteiger charge is -2.17. The highest BCUT2D eigenvalue weighted by molar-refractivity contribution is 7.14. The third-order valence-corrected chi connectivity index (χ3v) is 3.43. The summed E-state index contributed by atoms with van der Waals surface area (Å²) in [6.45, 7) is 0.751. The van der Waals surface area contributed by atoms with Crippen molar-refractivity contribution >= 4 is 34.2 Å². The van der Waals surface area contributed by atoms with Gasteiger partial charge in [-0.05, 0) is 17.7 Å². The number of aliphatic hydroxyl groups is 1. The topological polar surface area (TPSA) is 86.8 Å². The van der Waals surface area contributed by atoms with Crippen molar-refractivity contribution in [3.63, 3.8) is 0 Å². The van der Waals surface area contributed by atoms with Crippen molar-refractivity contribution in [1.82, 2.24) is 4.98 Å². The van der Waals surface area contributed by atoms with Crippen LogP contribution in [0.4, 0.5) is 16.6 Å². The summed E-state index contributed by atoms with van der Waals surface area (Å²) in [5.74, 6) is 0.490. The number of anilines is 3. The first-order chi connectivity index (χ1) is 9.69. The Labute approximate surface area is 121 Å². The zero-order valence-electron chi connectivity index (χ0n) is 11.2. The van der Waals surface area contributed by atoms with E-state index in [0.717, 1.165) is 11.3 Å². The van der Waals surface area contributed by atoms with Gasteiger partial charge in [0, 0.05) is 24.7 Å². The molecule has 0 radical (unpaired) electrons. The van der Waals surface area contributed by atoms with Gasteiger partial charge >= 0.3 is 0 Å². The smallest absolute Gasteiger partial charge is 0.205 e. The quantitative estimate of drug-likeness (QED) is 0.556. The van der Waals surface area contributed by atoms with Gasteiger partial charge in [-0.1, -0.05) is 12.1 Å². The van der Waals surface area contributed by atoms with Crippen LogP contribution in [0.15, 0.2) is 34.7 Å². The summed E-state index contributed by atoms with van der Waals surface area (Å²) in [4.78, 5) is 6.02. The maximum atomic E-state index is 8.89. The molecule has 0 saturated carbocycles. The highest BCUT2D eigenvalue weighted by Gasteiger charge is 1.99. The van der Waals surface area contributed by atoms with Crippen LogP contribution in [0, 0.1) is 0 Å². The van der Waals surface area contributed by atoms with Crippen molar-refractivity contribution in [3.05, 3.63) is 35.2 Å². The molecule has 20 heavy (non-hydrogen) atoms. The molecule has 0 atom stereocenters. The number of nitrogen functional groups attached to an aromatic ring is 1. The Morgan fingerprint density at radius 1 is 1.45 bits per heavy atom. The first-order valence-electron chi connectivity index (χ1n) is 6.11. The lowest BCUT2D eigenvalue weighted by molar-refractivity contribution is 0.304. The van der Waals surface area contributed by atoms with Gasteiger partial charge in [-0.3, -0.25) is 5.43 Å². The van der Waals surface area contributed by atoms with Gasteiger partial charge < -0.3 is 15.7 Å². The molecule has 0 saturated heterocycles. The fraction of sp³-hybridized carbons (Fsp3) is 0.231. The number of hydrogen-bond donors (Lipinski definition) is 3. The van der Waals surface area contributed by atoms with Crippen LogP contribution in [0.1, 0.15) is 5.56 Å². The molecular formula is C13H17N5OS. The van der Waals surface area contributed by atoms with E-state index >= 15 is 0 Å². The molecule has 0 bridgehead atoms. The van der Waals surface area contributed by atoms with Gasteiger partial charge in [-0.15, -0.1) is 11.3 Å². The van der Waals surface area contributed by atoms with Crippen molar-refractivity contribution in [2.75, 3.05) is 36.3 Å². The number of hydrazone groups is 1. The average Bonchev–Trinajstić information content (AvgIpc) is 2.85. The first-order valence-corrected chi connectivity index (χ1v) is 6.99. The predicted octanol–water partition coefficient (Wildman–Crippen LogP) is 1.60. The van der Waals surface area contributed by atoms with Crippen LogP contribution >= 0.6 is 11.3 Å². The van der Waals surface area contributed by atoms with Crippen molar-refractivity contribution in [3.8, 4) is 0 Å². The van der Waals surface area contributed by atoms with Crippen molar-refractivity contribution in [2.24, 2.45) is 5.10 Å². The number of benzene rings is 1. The number of nitrogens with two attached hydrogens (primary N) is 1. The Bertz CT molecular complexity index is 566.